The highest BCUT2D eigenvalue weighted by atomic mass is 16.5. The summed E-state index contributed by atoms with van der Waals surface area (Å²) in [6.45, 7) is 4.93. The van der Waals surface area contributed by atoms with Crippen LogP contribution in [0.3, 0.4) is 0 Å². The van der Waals surface area contributed by atoms with Gasteiger partial charge in [-0.25, -0.2) is 0 Å². The molecule has 1 aromatic carbocycles. The fourth-order valence-electron chi connectivity index (χ4n) is 2.88. The SMILES string of the molecule is CC(N)C1CCCN(Cc2noc(-c3ccccc3)n2)C1. The van der Waals surface area contributed by atoms with Gasteiger partial charge in [0, 0.05) is 18.2 Å². The Morgan fingerprint density at radius 2 is 2.19 bits per heavy atom. The van der Waals surface area contributed by atoms with Crippen molar-refractivity contribution in [1.29, 1.82) is 0 Å². The fraction of sp³-hybridized carbons (Fsp3) is 0.500. The molecule has 1 saturated heterocycles. The molecule has 21 heavy (non-hydrogen) atoms. The molecule has 112 valence electrons. The highest BCUT2D eigenvalue weighted by Crippen LogP contribution is 2.21. The molecule has 3 rings (SSSR count). The van der Waals surface area contributed by atoms with E-state index in [2.05, 4.69) is 22.0 Å². The number of piperidine rings is 1. The van der Waals surface area contributed by atoms with Crippen LogP contribution in [0.4, 0.5) is 0 Å². The summed E-state index contributed by atoms with van der Waals surface area (Å²) in [5.74, 6) is 1.91. The lowest BCUT2D eigenvalue weighted by Crippen LogP contribution is -2.42. The Morgan fingerprint density at radius 3 is 2.95 bits per heavy atom. The Kier molecular flexibility index (Phi) is 4.31. The number of nitrogens with two attached hydrogens (primary N) is 1. The van der Waals surface area contributed by atoms with E-state index in [1.165, 1.54) is 12.8 Å². The van der Waals surface area contributed by atoms with E-state index < -0.39 is 0 Å². The molecule has 1 aliphatic rings. The van der Waals surface area contributed by atoms with E-state index in [0.29, 0.717) is 11.8 Å². The van der Waals surface area contributed by atoms with Gasteiger partial charge in [-0.3, -0.25) is 4.90 Å². The third kappa shape index (κ3) is 3.49. The molecule has 0 amide bonds. The largest absolute Gasteiger partial charge is 0.334 e. The van der Waals surface area contributed by atoms with Crippen molar-refractivity contribution in [2.45, 2.75) is 32.4 Å². The highest BCUT2D eigenvalue weighted by Gasteiger charge is 2.23. The predicted molar refractivity (Wildman–Crippen MR) is 81.4 cm³/mol. The number of benzene rings is 1. The summed E-state index contributed by atoms with van der Waals surface area (Å²) in [6.07, 6.45) is 2.41. The van der Waals surface area contributed by atoms with Crippen LogP contribution in [0.15, 0.2) is 34.9 Å². The first-order valence-electron chi connectivity index (χ1n) is 7.58. The first-order chi connectivity index (χ1) is 10.2. The van der Waals surface area contributed by atoms with Gasteiger partial charge in [0.05, 0.1) is 6.54 Å². The van der Waals surface area contributed by atoms with Crippen LogP contribution in [0.1, 0.15) is 25.6 Å². The molecule has 5 heteroatoms. The number of hydrogen-bond acceptors (Lipinski definition) is 5. The number of aromatic nitrogens is 2. The zero-order valence-electron chi connectivity index (χ0n) is 12.4. The van der Waals surface area contributed by atoms with Crippen LogP contribution >= 0.6 is 0 Å². The minimum Gasteiger partial charge on any atom is -0.334 e. The van der Waals surface area contributed by atoms with E-state index in [0.717, 1.165) is 31.0 Å². The van der Waals surface area contributed by atoms with Crippen LogP contribution < -0.4 is 5.73 Å². The van der Waals surface area contributed by atoms with Gasteiger partial charge in [0.25, 0.3) is 5.89 Å². The van der Waals surface area contributed by atoms with Gasteiger partial charge in [0.1, 0.15) is 0 Å². The van der Waals surface area contributed by atoms with Gasteiger partial charge in [-0.05, 0) is 44.4 Å². The lowest BCUT2D eigenvalue weighted by atomic mass is 9.92. The van der Waals surface area contributed by atoms with Crippen molar-refractivity contribution < 1.29 is 4.52 Å². The molecule has 1 aromatic heterocycles. The summed E-state index contributed by atoms with van der Waals surface area (Å²) in [6, 6.07) is 10.1. The first kappa shape index (κ1) is 14.2. The van der Waals surface area contributed by atoms with Crippen molar-refractivity contribution >= 4 is 0 Å². The van der Waals surface area contributed by atoms with E-state index in [-0.39, 0.29) is 6.04 Å². The molecule has 2 heterocycles. The molecule has 0 bridgehead atoms. The molecule has 0 radical (unpaired) electrons. The molecule has 1 aliphatic heterocycles. The zero-order chi connectivity index (χ0) is 14.7. The second kappa shape index (κ2) is 6.37. The van der Waals surface area contributed by atoms with Crippen molar-refractivity contribution in [2.75, 3.05) is 13.1 Å². The normalized spacial score (nSPS) is 21.3. The Labute approximate surface area is 125 Å². The number of nitrogens with zero attached hydrogens (tertiary/aromatic N) is 3. The second-order valence-corrected chi connectivity index (χ2v) is 5.88. The molecule has 2 atom stereocenters. The molecule has 0 saturated carbocycles. The van der Waals surface area contributed by atoms with Gasteiger partial charge in [-0.15, -0.1) is 0 Å². The van der Waals surface area contributed by atoms with Gasteiger partial charge in [-0.1, -0.05) is 23.4 Å². The molecule has 0 spiro atoms. The first-order valence-corrected chi connectivity index (χ1v) is 7.58. The maximum atomic E-state index is 6.03. The lowest BCUT2D eigenvalue weighted by molar-refractivity contribution is 0.150. The van der Waals surface area contributed by atoms with Crippen molar-refractivity contribution in [3.05, 3.63) is 36.2 Å². The van der Waals surface area contributed by atoms with Crippen LogP contribution in [0.25, 0.3) is 11.5 Å². The van der Waals surface area contributed by atoms with E-state index in [9.17, 15) is 0 Å². The third-order valence-corrected chi connectivity index (χ3v) is 4.14. The van der Waals surface area contributed by atoms with Crippen molar-refractivity contribution in [3.63, 3.8) is 0 Å². The number of likely N-dealkylation sites (tertiary alicyclic amines) is 1. The van der Waals surface area contributed by atoms with Crippen LogP contribution in [0.5, 0.6) is 0 Å². The van der Waals surface area contributed by atoms with Gasteiger partial charge < -0.3 is 10.3 Å². The van der Waals surface area contributed by atoms with Crippen LogP contribution in [-0.2, 0) is 6.54 Å². The Balaban J connectivity index is 1.65. The quantitative estimate of drug-likeness (QED) is 0.934. The van der Waals surface area contributed by atoms with E-state index >= 15 is 0 Å². The monoisotopic (exact) mass is 286 g/mol. The average molecular weight is 286 g/mol. The maximum absolute atomic E-state index is 6.03. The van der Waals surface area contributed by atoms with Gasteiger partial charge in [-0.2, -0.15) is 4.98 Å². The van der Waals surface area contributed by atoms with Crippen molar-refractivity contribution in [2.24, 2.45) is 11.7 Å². The van der Waals surface area contributed by atoms with Crippen LogP contribution in [0, 0.1) is 5.92 Å². The summed E-state index contributed by atoms with van der Waals surface area (Å²) in [5.41, 5.74) is 6.99. The minimum atomic E-state index is 0.248. The van der Waals surface area contributed by atoms with E-state index in [1.807, 2.05) is 30.3 Å². The highest BCUT2D eigenvalue weighted by molar-refractivity contribution is 5.51. The Morgan fingerprint density at radius 1 is 1.38 bits per heavy atom. The number of hydrogen-bond donors (Lipinski definition) is 1. The summed E-state index contributed by atoms with van der Waals surface area (Å²) in [4.78, 5) is 6.87. The standard InChI is InChI=1S/C16H22N4O/c1-12(17)14-8-5-9-20(10-14)11-15-18-16(21-19-15)13-6-3-2-4-7-13/h2-4,6-7,12,14H,5,8-11,17H2,1H3. The summed E-state index contributed by atoms with van der Waals surface area (Å²) >= 11 is 0. The molecule has 1 fully saturated rings. The predicted octanol–water partition coefficient (Wildman–Crippen LogP) is 2.30. The molecule has 2 aromatic rings. The summed E-state index contributed by atoms with van der Waals surface area (Å²) < 4.78 is 5.35. The molecule has 2 N–H and O–H groups in total. The summed E-state index contributed by atoms with van der Waals surface area (Å²) in [7, 11) is 0. The van der Waals surface area contributed by atoms with E-state index in [1.54, 1.807) is 0 Å². The van der Waals surface area contributed by atoms with Gasteiger partial charge in [0.15, 0.2) is 5.82 Å². The maximum Gasteiger partial charge on any atom is 0.257 e. The van der Waals surface area contributed by atoms with Gasteiger partial charge >= 0.3 is 0 Å². The Bertz CT molecular complexity index is 567. The molecular formula is C16H22N4O. The topological polar surface area (TPSA) is 68.2 Å². The molecular weight excluding hydrogens is 264 g/mol. The second-order valence-electron chi connectivity index (χ2n) is 5.88. The zero-order valence-corrected chi connectivity index (χ0v) is 12.4. The van der Waals surface area contributed by atoms with E-state index in [4.69, 9.17) is 10.3 Å². The van der Waals surface area contributed by atoms with Crippen molar-refractivity contribution in [3.8, 4) is 11.5 Å². The van der Waals surface area contributed by atoms with Crippen molar-refractivity contribution in [1.82, 2.24) is 15.0 Å². The molecule has 0 aliphatic carbocycles. The summed E-state index contributed by atoms with van der Waals surface area (Å²) in [5, 5.41) is 4.10. The Hall–Kier alpha value is -1.72. The minimum absolute atomic E-state index is 0.248. The van der Waals surface area contributed by atoms with Gasteiger partial charge in [0.2, 0.25) is 0 Å². The van der Waals surface area contributed by atoms with Crippen LogP contribution in [0.2, 0.25) is 0 Å². The lowest BCUT2D eigenvalue weighted by Gasteiger charge is -2.33. The van der Waals surface area contributed by atoms with Crippen LogP contribution in [-0.4, -0.2) is 34.2 Å². The molecule has 2 unspecified atom stereocenters. The third-order valence-electron chi connectivity index (χ3n) is 4.14. The fourth-order valence-corrected chi connectivity index (χ4v) is 2.88. The molecule has 5 nitrogen and oxygen atoms in total. The number of rotatable bonds is 4. The average Bonchev–Trinajstić information content (AvgIpc) is 2.97. The smallest absolute Gasteiger partial charge is 0.257 e.